The Kier molecular flexibility index (Phi) is 6.25. The fraction of sp³-hybridized carbons (Fsp3) is 0.391. The van der Waals surface area contributed by atoms with Crippen LogP contribution in [0.5, 0.6) is 0 Å². The molecule has 4 nitrogen and oxygen atoms in total. The van der Waals surface area contributed by atoms with Gasteiger partial charge in [-0.1, -0.05) is 30.1 Å². The third-order valence-corrected chi connectivity index (χ3v) is 6.18. The zero-order chi connectivity index (χ0) is 21.3. The number of hydrogen-bond acceptors (Lipinski definition) is 3. The number of carbonyl (C=O) groups is 1. The first-order valence-electron chi connectivity index (χ1n) is 9.84. The molecule has 2 aromatic rings. The number of nitrogens with zero attached hydrogens (tertiary/aromatic N) is 2. The largest absolute Gasteiger partial charge is 0.366 e. The molecule has 0 saturated carbocycles. The maximum Gasteiger partial charge on any atom is 0.272 e. The summed E-state index contributed by atoms with van der Waals surface area (Å²) < 4.78 is 0. The minimum atomic E-state index is -0.370. The Morgan fingerprint density at radius 2 is 2.03 bits per heavy atom. The molecule has 154 valence electrons. The normalized spacial score (nSPS) is 18.0. The van der Waals surface area contributed by atoms with Gasteiger partial charge in [0.25, 0.3) is 5.91 Å². The van der Waals surface area contributed by atoms with E-state index >= 15 is 0 Å². The van der Waals surface area contributed by atoms with Gasteiger partial charge in [0, 0.05) is 22.8 Å². The molecule has 1 N–H and O–H groups in total. The van der Waals surface area contributed by atoms with Crippen LogP contribution in [0.1, 0.15) is 67.1 Å². The van der Waals surface area contributed by atoms with E-state index in [1.165, 1.54) is 17.3 Å². The summed E-state index contributed by atoms with van der Waals surface area (Å²) in [7, 11) is 0. The maximum atomic E-state index is 12.3. The minimum Gasteiger partial charge on any atom is -0.366 e. The van der Waals surface area contributed by atoms with Crippen LogP contribution in [0.2, 0.25) is 10.0 Å². The Morgan fingerprint density at radius 1 is 1.31 bits per heavy atom. The van der Waals surface area contributed by atoms with E-state index in [1.807, 2.05) is 0 Å². The first-order valence-corrected chi connectivity index (χ1v) is 10.6. The lowest BCUT2D eigenvalue weighted by molar-refractivity contribution is 0.0955. The fourth-order valence-corrected chi connectivity index (χ4v) is 4.78. The molecule has 3 rings (SSSR count). The predicted molar refractivity (Wildman–Crippen MR) is 123 cm³/mol. The quantitative estimate of drug-likeness (QED) is 0.463. The molecule has 1 aliphatic rings. The predicted octanol–water partition coefficient (Wildman–Crippen LogP) is 6.18. The molecule has 29 heavy (non-hydrogen) atoms. The molecule has 6 heteroatoms. The summed E-state index contributed by atoms with van der Waals surface area (Å²) in [5.74, 6) is 0.0869. The molecule has 0 saturated heterocycles. The van der Waals surface area contributed by atoms with E-state index in [0.29, 0.717) is 21.5 Å². The number of benzene rings is 2. The van der Waals surface area contributed by atoms with Gasteiger partial charge >= 0.3 is 0 Å². The van der Waals surface area contributed by atoms with E-state index in [0.717, 1.165) is 24.1 Å². The van der Waals surface area contributed by atoms with Crippen molar-refractivity contribution in [1.82, 2.24) is 5.43 Å². The SMILES string of the molecule is CCN1c2cc(C)c(/C=N\NC(=O)c3ccc(Cl)cc3Cl)cc2[C@@H](C)CC1(C)C. The van der Waals surface area contributed by atoms with Gasteiger partial charge in [0.1, 0.15) is 0 Å². The number of rotatable bonds is 4. The van der Waals surface area contributed by atoms with Crippen molar-refractivity contribution in [2.75, 3.05) is 11.4 Å². The lowest BCUT2D eigenvalue weighted by atomic mass is 9.79. The van der Waals surface area contributed by atoms with Gasteiger partial charge in [-0.15, -0.1) is 0 Å². The average Bonchev–Trinajstić information content (AvgIpc) is 2.62. The number of fused-ring (bicyclic) bond motifs is 1. The third-order valence-electron chi connectivity index (χ3n) is 5.64. The van der Waals surface area contributed by atoms with Crippen molar-refractivity contribution in [2.24, 2.45) is 5.10 Å². The molecule has 0 bridgehead atoms. The topological polar surface area (TPSA) is 44.7 Å². The van der Waals surface area contributed by atoms with Crippen molar-refractivity contribution in [3.63, 3.8) is 0 Å². The van der Waals surface area contributed by atoms with Crippen molar-refractivity contribution in [3.8, 4) is 0 Å². The van der Waals surface area contributed by atoms with E-state index < -0.39 is 0 Å². The summed E-state index contributed by atoms with van der Waals surface area (Å²) >= 11 is 12.0. The second kappa shape index (κ2) is 8.37. The Labute approximate surface area is 182 Å². The number of hydrogen-bond donors (Lipinski definition) is 1. The molecular weight excluding hydrogens is 405 g/mol. The van der Waals surface area contributed by atoms with Crippen LogP contribution in [0.3, 0.4) is 0 Å². The summed E-state index contributed by atoms with van der Waals surface area (Å²) in [6, 6.07) is 9.18. The van der Waals surface area contributed by atoms with Crippen molar-refractivity contribution in [1.29, 1.82) is 0 Å². The number of halogens is 2. The first-order chi connectivity index (χ1) is 13.6. The summed E-state index contributed by atoms with van der Waals surface area (Å²) in [5.41, 5.74) is 7.76. The van der Waals surface area contributed by atoms with E-state index in [-0.39, 0.29) is 11.4 Å². The molecule has 2 aromatic carbocycles. The van der Waals surface area contributed by atoms with Gasteiger partial charge in [0.15, 0.2) is 0 Å². The highest BCUT2D eigenvalue weighted by Crippen LogP contribution is 2.44. The Morgan fingerprint density at radius 3 is 2.69 bits per heavy atom. The van der Waals surface area contributed by atoms with Crippen LogP contribution in [0.4, 0.5) is 5.69 Å². The van der Waals surface area contributed by atoms with E-state index in [2.05, 4.69) is 62.2 Å². The average molecular weight is 432 g/mol. The second-order valence-corrected chi connectivity index (χ2v) is 9.10. The molecule has 1 heterocycles. The van der Waals surface area contributed by atoms with Crippen molar-refractivity contribution >= 4 is 41.0 Å². The molecule has 0 aromatic heterocycles. The summed E-state index contributed by atoms with van der Waals surface area (Å²) in [6.07, 6.45) is 2.79. The smallest absolute Gasteiger partial charge is 0.272 e. The van der Waals surface area contributed by atoms with Crippen molar-refractivity contribution in [3.05, 3.63) is 62.6 Å². The third kappa shape index (κ3) is 4.44. The summed E-state index contributed by atoms with van der Waals surface area (Å²) in [5, 5.41) is 4.94. The molecule has 0 spiro atoms. The van der Waals surface area contributed by atoms with Gasteiger partial charge in [-0.05, 0) is 87.1 Å². The van der Waals surface area contributed by atoms with Crippen LogP contribution in [-0.4, -0.2) is 24.2 Å². The van der Waals surface area contributed by atoms with Gasteiger partial charge in [-0.2, -0.15) is 5.10 Å². The highest BCUT2D eigenvalue weighted by Gasteiger charge is 2.35. The lowest BCUT2D eigenvalue weighted by Crippen LogP contribution is -2.48. The van der Waals surface area contributed by atoms with E-state index in [1.54, 1.807) is 18.3 Å². The number of aryl methyl sites for hydroxylation is 1. The number of hydrazone groups is 1. The van der Waals surface area contributed by atoms with Crippen LogP contribution in [0.25, 0.3) is 0 Å². The van der Waals surface area contributed by atoms with E-state index in [9.17, 15) is 4.79 Å². The maximum absolute atomic E-state index is 12.3. The Balaban J connectivity index is 1.83. The lowest BCUT2D eigenvalue weighted by Gasteiger charge is -2.47. The highest BCUT2D eigenvalue weighted by molar-refractivity contribution is 6.36. The molecule has 1 atom stereocenters. The Hall–Kier alpha value is -2.04. The van der Waals surface area contributed by atoms with Gasteiger partial charge < -0.3 is 4.90 Å². The second-order valence-electron chi connectivity index (χ2n) is 8.25. The zero-order valence-corrected chi connectivity index (χ0v) is 19.0. The summed E-state index contributed by atoms with van der Waals surface area (Å²) in [4.78, 5) is 14.8. The van der Waals surface area contributed by atoms with E-state index in [4.69, 9.17) is 23.2 Å². The standard InChI is InChI=1S/C23H27Cl2N3O/c1-6-28-21-9-14(2)16(10-19(21)15(3)12-23(28,4)5)13-26-27-22(29)18-8-7-17(24)11-20(18)25/h7-11,13,15H,6,12H2,1-5H3,(H,27,29)/b26-13-/t15-/m0/s1. The van der Waals surface area contributed by atoms with Crippen LogP contribution < -0.4 is 10.3 Å². The van der Waals surface area contributed by atoms with Gasteiger partial charge in [-0.3, -0.25) is 4.79 Å². The number of amides is 1. The molecule has 1 amide bonds. The first kappa shape index (κ1) is 21.7. The molecule has 0 unspecified atom stereocenters. The van der Waals surface area contributed by atoms with Gasteiger partial charge in [-0.25, -0.2) is 5.43 Å². The number of nitrogens with one attached hydrogen (secondary N) is 1. The molecule has 0 aliphatic carbocycles. The fourth-order valence-electron chi connectivity index (χ4n) is 4.28. The van der Waals surface area contributed by atoms with Gasteiger partial charge in [0.05, 0.1) is 16.8 Å². The zero-order valence-electron chi connectivity index (χ0n) is 17.5. The summed E-state index contributed by atoms with van der Waals surface area (Å²) in [6.45, 7) is 12.1. The van der Waals surface area contributed by atoms with Crippen LogP contribution in [0, 0.1) is 6.92 Å². The molecule has 1 aliphatic heterocycles. The molecular formula is C23H27Cl2N3O. The van der Waals surface area contributed by atoms with Crippen LogP contribution >= 0.6 is 23.2 Å². The van der Waals surface area contributed by atoms with Crippen LogP contribution in [-0.2, 0) is 0 Å². The van der Waals surface area contributed by atoms with Crippen LogP contribution in [0.15, 0.2) is 35.4 Å². The number of carbonyl (C=O) groups excluding carboxylic acids is 1. The van der Waals surface area contributed by atoms with Crippen molar-refractivity contribution < 1.29 is 4.79 Å². The van der Waals surface area contributed by atoms with Crippen molar-refractivity contribution in [2.45, 2.75) is 52.5 Å². The number of anilines is 1. The van der Waals surface area contributed by atoms with Gasteiger partial charge in [0.2, 0.25) is 0 Å². The molecule has 0 radical (unpaired) electrons. The molecule has 0 fully saturated rings. The highest BCUT2D eigenvalue weighted by atomic mass is 35.5. The monoisotopic (exact) mass is 431 g/mol. The minimum absolute atomic E-state index is 0.134. The Bertz CT molecular complexity index is 969.